The molecule has 0 bridgehead atoms. The third kappa shape index (κ3) is 7.80. The van der Waals surface area contributed by atoms with Crippen molar-refractivity contribution >= 4 is 106 Å². The van der Waals surface area contributed by atoms with Gasteiger partial charge in [0.2, 0.25) is 0 Å². The maximum Gasteiger partial charge on any atom is 0.264 e. The van der Waals surface area contributed by atoms with E-state index in [4.69, 9.17) is 4.42 Å². The van der Waals surface area contributed by atoms with Gasteiger partial charge in [0.25, 0.3) is 6.71 Å². The zero-order valence-corrected chi connectivity index (χ0v) is 45.1. The fourth-order valence-electron chi connectivity index (χ4n) is 11.9. The van der Waals surface area contributed by atoms with Crippen LogP contribution in [0.1, 0.15) is 69.4 Å². The standard InChI is InChI=1S/C69H60BN3OS/c1-43-35-59-64-60(36-43)73(65-44(2)37-50(38-45(65)3)69(7,8)9)66-55-41-49(68(4,5)6)30-34-63(55)75-67(66)70(64)56-32-31-53(71(51-24-15-11-16-25-51)52-26-17-12-18-27-52)42-58(56)72(59)57-33-29-48(39-54(57)46-21-13-10-14-22-46)62-40-47-23-19-20-28-61(47)74-62/h10-42H,1-9H3. The molecule has 4 heterocycles. The second-order valence-electron chi connectivity index (χ2n) is 22.8. The van der Waals surface area contributed by atoms with E-state index in [1.54, 1.807) is 0 Å². The van der Waals surface area contributed by atoms with Gasteiger partial charge < -0.3 is 19.1 Å². The molecule has 0 atom stereocenters. The Labute approximate surface area is 446 Å². The fraction of sp³-hybridized carbons (Fsp3) is 0.159. The SMILES string of the molecule is Cc1cc2c3c(c1)N(c1c(C)cc(C(C)(C)C)cc1C)c1c(sc4ccc(C(C)(C)C)cc14)B3c1ccc(N(c3ccccc3)c3ccccc3)cc1N2c1ccc(-c2cc3ccccc3o2)cc1-c1ccccc1. The van der Waals surface area contributed by atoms with Gasteiger partial charge in [0.1, 0.15) is 11.3 Å². The van der Waals surface area contributed by atoms with Crippen molar-refractivity contribution < 1.29 is 4.42 Å². The van der Waals surface area contributed by atoms with Crippen LogP contribution in [0, 0.1) is 20.8 Å². The number of rotatable bonds is 7. The number of fused-ring (bicyclic) bond motifs is 7. The summed E-state index contributed by atoms with van der Waals surface area (Å²) in [5.41, 5.74) is 23.7. The summed E-state index contributed by atoms with van der Waals surface area (Å²) in [6, 6.07) is 74.2. The molecular weight excluding hydrogens is 930 g/mol. The van der Waals surface area contributed by atoms with Crippen LogP contribution in [0.2, 0.25) is 0 Å². The normalized spacial score (nSPS) is 13.1. The minimum Gasteiger partial charge on any atom is -0.456 e. The molecule has 0 amide bonds. The van der Waals surface area contributed by atoms with E-state index >= 15 is 0 Å². The van der Waals surface area contributed by atoms with Gasteiger partial charge in [0.05, 0.1) is 17.1 Å². The summed E-state index contributed by atoms with van der Waals surface area (Å²) in [5, 5.41) is 2.40. The number of furan rings is 1. The molecule has 13 rings (SSSR count). The molecule has 11 aromatic rings. The van der Waals surface area contributed by atoms with E-state index in [1.807, 2.05) is 17.4 Å². The monoisotopic (exact) mass is 989 g/mol. The zero-order chi connectivity index (χ0) is 51.5. The van der Waals surface area contributed by atoms with Crippen LogP contribution in [0.15, 0.2) is 205 Å². The van der Waals surface area contributed by atoms with Gasteiger partial charge >= 0.3 is 0 Å². The average molecular weight is 990 g/mol. The van der Waals surface area contributed by atoms with Crippen LogP contribution in [0.3, 0.4) is 0 Å². The molecule has 366 valence electrons. The van der Waals surface area contributed by atoms with Crippen molar-refractivity contribution in [3.63, 3.8) is 0 Å². The first kappa shape index (κ1) is 46.7. The van der Waals surface area contributed by atoms with Crippen molar-refractivity contribution in [2.24, 2.45) is 0 Å². The molecule has 2 aliphatic heterocycles. The molecule has 0 saturated heterocycles. The Balaban J connectivity index is 1.14. The molecule has 4 nitrogen and oxygen atoms in total. The number of hydrogen-bond acceptors (Lipinski definition) is 5. The smallest absolute Gasteiger partial charge is 0.264 e. The van der Waals surface area contributed by atoms with Crippen LogP contribution in [0.4, 0.5) is 51.2 Å². The van der Waals surface area contributed by atoms with E-state index in [1.165, 1.54) is 76.4 Å². The lowest BCUT2D eigenvalue weighted by Crippen LogP contribution is -2.60. The van der Waals surface area contributed by atoms with Crippen LogP contribution >= 0.6 is 11.3 Å². The Hall–Kier alpha value is -8.06. The lowest BCUT2D eigenvalue weighted by Gasteiger charge is -2.44. The molecule has 0 aliphatic carbocycles. The summed E-state index contributed by atoms with van der Waals surface area (Å²) in [6.07, 6.45) is 0. The topological polar surface area (TPSA) is 22.9 Å². The van der Waals surface area contributed by atoms with Crippen LogP contribution in [0.5, 0.6) is 0 Å². The highest BCUT2D eigenvalue weighted by Gasteiger charge is 2.46. The highest BCUT2D eigenvalue weighted by atomic mass is 32.1. The minimum atomic E-state index is -0.0519. The zero-order valence-electron chi connectivity index (χ0n) is 44.3. The second-order valence-corrected chi connectivity index (χ2v) is 23.9. The highest BCUT2D eigenvalue weighted by molar-refractivity contribution is 7.33. The Bertz CT molecular complexity index is 3930. The van der Waals surface area contributed by atoms with Crippen LogP contribution < -0.4 is 30.4 Å². The molecule has 2 aromatic heterocycles. The van der Waals surface area contributed by atoms with Crippen molar-refractivity contribution in [2.45, 2.75) is 73.1 Å². The fourth-order valence-corrected chi connectivity index (χ4v) is 13.2. The largest absolute Gasteiger partial charge is 0.456 e. The van der Waals surface area contributed by atoms with Gasteiger partial charge in [-0.25, -0.2) is 0 Å². The van der Waals surface area contributed by atoms with Gasteiger partial charge in [0.15, 0.2) is 0 Å². The molecule has 0 saturated carbocycles. The van der Waals surface area contributed by atoms with Crippen molar-refractivity contribution in [3.8, 4) is 22.5 Å². The number of anilines is 9. The summed E-state index contributed by atoms with van der Waals surface area (Å²) in [4.78, 5) is 7.66. The first-order valence-corrected chi connectivity index (χ1v) is 27.2. The van der Waals surface area contributed by atoms with E-state index in [-0.39, 0.29) is 17.5 Å². The summed E-state index contributed by atoms with van der Waals surface area (Å²) in [7, 11) is 0. The number of hydrogen-bond donors (Lipinski definition) is 0. The predicted octanol–water partition coefficient (Wildman–Crippen LogP) is 18.1. The maximum atomic E-state index is 6.60. The van der Waals surface area contributed by atoms with Gasteiger partial charge in [-0.05, 0) is 167 Å². The van der Waals surface area contributed by atoms with Crippen molar-refractivity contribution in [2.75, 3.05) is 14.7 Å². The quantitative estimate of drug-likeness (QED) is 0.148. The van der Waals surface area contributed by atoms with Gasteiger partial charge in [-0.2, -0.15) is 0 Å². The van der Waals surface area contributed by atoms with Crippen molar-refractivity contribution in [1.82, 2.24) is 0 Å². The predicted molar refractivity (Wildman–Crippen MR) is 323 cm³/mol. The van der Waals surface area contributed by atoms with Crippen LogP contribution in [-0.2, 0) is 10.8 Å². The Morgan fingerprint density at radius 2 is 1.11 bits per heavy atom. The third-order valence-corrected chi connectivity index (χ3v) is 16.8. The van der Waals surface area contributed by atoms with Crippen LogP contribution in [0.25, 0.3) is 43.5 Å². The summed E-state index contributed by atoms with van der Waals surface area (Å²) < 4.78 is 9.27. The van der Waals surface area contributed by atoms with Gasteiger partial charge in [-0.1, -0.05) is 151 Å². The number of nitrogens with zero attached hydrogens (tertiary/aromatic N) is 3. The summed E-state index contributed by atoms with van der Waals surface area (Å²) in [6.45, 7) is 20.9. The molecule has 75 heavy (non-hydrogen) atoms. The second kappa shape index (κ2) is 17.5. The molecular formula is C69H60BN3OS. The summed E-state index contributed by atoms with van der Waals surface area (Å²) in [5.74, 6) is 0.849. The van der Waals surface area contributed by atoms with Gasteiger partial charge in [-0.3, -0.25) is 0 Å². The average Bonchev–Trinajstić information content (AvgIpc) is 4.03. The highest BCUT2D eigenvalue weighted by Crippen LogP contribution is 2.53. The maximum absolute atomic E-state index is 6.60. The number of thiophene rings is 1. The van der Waals surface area contributed by atoms with E-state index < -0.39 is 0 Å². The van der Waals surface area contributed by atoms with E-state index in [0.29, 0.717) is 0 Å². The first-order chi connectivity index (χ1) is 36.2. The number of benzene rings is 9. The molecule has 9 aromatic carbocycles. The number of aryl methyl sites for hydroxylation is 3. The molecule has 0 spiro atoms. The van der Waals surface area contributed by atoms with Crippen molar-refractivity contribution in [3.05, 3.63) is 228 Å². The molecule has 0 fully saturated rings. The Morgan fingerprint density at radius 3 is 1.76 bits per heavy atom. The Kier molecular flexibility index (Phi) is 10.9. The molecule has 6 heteroatoms. The molecule has 0 unspecified atom stereocenters. The minimum absolute atomic E-state index is 0.00146. The van der Waals surface area contributed by atoms with Crippen LogP contribution in [-0.4, -0.2) is 6.71 Å². The van der Waals surface area contributed by atoms with E-state index in [2.05, 4.69) is 271 Å². The van der Waals surface area contributed by atoms with E-state index in [0.717, 1.165) is 61.9 Å². The molecule has 0 N–H and O–H groups in total. The Morgan fingerprint density at radius 1 is 0.480 bits per heavy atom. The first-order valence-electron chi connectivity index (χ1n) is 26.4. The van der Waals surface area contributed by atoms with E-state index in [9.17, 15) is 0 Å². The number of para-hydroxylation sites is 3. The lowest BCUT2D eigenvalue weighted by molar-refractivity contribution is 0.589. The lowest BCUT2D eigenvalue weighted by atomic mass is 9.36. The third-order valence-electron chi connectivity index (χ3n) is 15.6. The van der Waals surface area contributed by atoms with Crippen molar-refractivity contribution in [1.29, 1.82) is 0 Å². The van der Waals surface area contributed by atoms with Gasteiger partial charge in [0, 0.05) is 65.5 Å². The summed E-state index contributed by atoms with van der Waals surface area (Å²) >= 11 is 1.96. The molecule has 0 radical (unpaired) electrons. The molecule has 2 aliphatic rings. The van der Waals surface area contributed by atoms with Gasteiger partial charge in [-0.15, -0.1) is 11.3 Å².